The van der Waals surface area contributed by atoms with Gasteiger partial charge in [-0.2, -0.15) is 0 Å². The van der Waals surface area contributed by atoms with E-state index in [0.717, 1.165) is 51.4 Å². The molecule has 0 amide bonds. The molecule has 4 fully saturated rings. The fourth-order valence-corrected chi connectivity index (χ4v) is 11.0. The summed E-state index contributed by atoms with van der Waals surface area (Å²) in [5.74, 6) is 1.45. The van der Waals surface area contributed by atoms with Crippen molar-refractivity contribution in [3.05, 3.63) is 11.6 Å². The lowest BCUT2D eigenvalue weighted by Crippen LogP contribution is -2.69. The van der Waals surface area contributed by atoms with Crippen molar-refractivity contribution in [3.8, 4) is 0 Å². The second-order valence-corrected chi connectivity index (χ2v) is 14.8. The summed E-state index contributed by atoms with van der Waals surface area (Å²) >= 11 is 0. The molecule has 5 rings (SSSR count). The Labute approximate surface area is 207 Å². The van der Waals surface area contributed by atoms with Gasteiger partial charge in [-0.25, -0.2) is 0 Å². The van der Waals surface area contributed by atoms with Crippen LogP contribution in [0.3, 0.4) is 0 Å². The van der Waals surface area contributed by atoms with Gasteiger partial charge in [0, 0.05) is 11.8 Å². The highest BCUT2D eigenvalue weighted by atomic mass is 16.4. The molecule has 5 aliphatic carbocycles. The Bertz CT molecular complexity index is 962. The van der Waals surface area contributed by atoms with Crippen molar-refractivity contribution in [3.63, 3.8) is 0 Å². The monoisotopic (exact) mass is 468 g/mol. The summed E-state index contributed by atoms with van der Waals surface area (Å²) in [7, 11) is 0. The highest BCUT2D eigenvalue weighted by Crippen LogP contribution is 2.79. The van der Waals surface area contributed by atoms with Crippen molar-refractivity contribution < 1.29 is 14.7 Å². The largest absolute Gasteiger partial charge is 0.481 e. The van der Waals surface area contributed by atoms with E-state index in [2.05, 4.69) is 61.5 Å². The second kappa shape index (κ2) is 7.00. The predicted molar refractivity (Wildman–Crippen MR) is 136 cm³/mol. The molecule has 34 heavy (non-hydrogen) atoms. The highest BCUT2D eigenvalue weighted by molar-refractivity contribution is 5.85. The maximum atomic E-state index is 13.0. The van der Waals surface area contributed by atoms with Crippen LogP contribution in [-0.4, -0.2) is 16.9 Å². The van der Waals surface area contributed by atoms with Crippen molar-refractivity contribution >= 4 is 11.8 Å². The Balaban J connectivity index is 1.67. The van der Waals surface area contributed by atoms with Gasteiger partial charge >= 0.3 is 5.97 Å². The SMILES string of the molecule is C[C@H]1[C@H](C)CC[C@]2(C(=O)O)CC[C@]3(C)C(=CC[C@@]4(C)[C@@]3(C)CC[C@H]3C(C)(C)C(=O)CC[C@@]34C)[C@H]12. The van der Waals surface area contributed by atoms with Gasteiger partial charge in [0.05, 0.1) is 5.41 Å². The lowest BCUT2D eigenvalue weighted by atomic mass is 9.29. The molecule has 0 radical (unpaired) electrons. The molecule has 9 atom stereocenters. The molecule has 3 nitrogen and oxygen atoms in total. The summed E-state index contributed by atoms with van der Waals surface area (Å²) in [6.07, 6.45) is 11.2. The van der Waals surface area contributed by atoms with Gasteiger partial charge in [-0.1, -0.05) is 67.0 Å². The molecule has 0 bridgehead atoms. The fraction of sp³-hybridized carbons (Fsp3) is 0.871. The molecule has 0 aromatic carbocycles. The molecule has 0 saturated heterocycles. The minimum Gasteiger partial charge on any atom is -0.481 e. The molecule has 4 saturated carbocycles. The minimum atomic E-state index is -0.582. The molecule has 0 aromatic rings. The predicted octanol–water partition coefficient (Wildman–Crippen LogP) is 7.69. The number of aliphatic carboxylic acids is 1. The molecule has 0 aromatic heterocycles. The van der Waals surface area contributed by atoms with Gasteiger partial charge in [0.25, 0.3) is 0 Å². The van der Waals surface area contributed by atoms with Gasteiger partial charge in [-0.05, 0) is 96.7 Å². The molecule has 3 heteroatoms. The number of hydrogen-bond donors (Lipinski definition) is 1. The van der Waals surface area contributed by atoms with E-state index in [-0.39, 0.29) is 33.0 Å². The Hall–Kier alpha value is -1.12. The number of fused-ring (bicyclic) bond motifs is 7. The average molecular weight is 469 g/mol. The Kier molecular flexibility index (Phi) is 5.06. The van der Waals surface area contributed by atoms with Crippen molar-refractivity contribution in [2.24, 2.45) is 56.2 Å². The van der Waals surface area contributed by atoms with Crippen molar-refractivity contribution in [2.75, 3.05) is 0 Å². The summed E-state index contributed by atoms with van der Waals surface area (Å²) in [4.78, 5) is 25.9. The first-order chi connectivity index (χ1) is 15.6. The highest BCUT2D eigenvalue weighted by Gasteiger charge is 2.73. The van der Waals surface area contributed by atoms with E-state index < -0.39 is 11.4 Å². The summed E-state index contributed by atoms with van der Waals surface area (Å²) in [6.45, 7) is 19.2. The molecule has 0 aliphatic heterocycles. The van der Waals surface area contributed by atoms with Crippen LogP contribution in [0.5, 0.6) is 0 Å². The molecule has 1 N–H and O–H groups in total. The number of carbonyl (C=O) groups is 2. The van der Waals surface area contributed by atoms with Gasteiger partial charge in [-0.15, -0.1) is 0 Å². The summed E-state index contributed by atoms with van der Waals surface area (Å²) in [5, 5.41) is 10.6. The third kappa shape index (κ3) is 2.51. The molecular formula is C31H48O3. The Morgan fingerprint density at radius 3 is 2.24 bits per heavy atom. The van der Waals surface area contributed by atoms with Gasteiger partial charge in [-0.3, -0.25) is 9.59 Å². The smallest absolute Gasteiger partial charge is 0.310 e. The van der Waals surface area contributed by atoms with Crippen LogP contribution in [0, 0.1) is 56.2 Å². The average Bonchev–Trinajstić information content (AvgIpc) is 2.76. The third-order valence-electron chi connectivity index (χ3n) is 14.1. The summed E-state index contributed by atoms with van der Waals surface area (Å²) in [6, 6.07) is 0. The number of carbonyl (C=O) groups excluding carboxylic acids is 1. The van der Waals surface area contributed by atoms with Gasteiger partial charge < -0.3 is 5.11 Å². The zero-order valence-corrected chi connectivity index (χ0v) is 23.0. The zero-order chi connectivity index (χ0) is 25.1. The molecule has 0 unspecified atom stereocenters. The van der Waals surface area contributed by atoms with Crippen LogP contribution in [-0.2, 0) is 9.59 Å². The Morgan fingerprint density at radius 2 is 1.59 bits per heavy atom. The first kappa shape index (κ1) is 24.6. The number of allylic oxidation sites excluding steroid dienone is 2. The second-order valence-electron chi connectivity index (χ2n) is 14.8. The lowest BCUT2D eigenvalue weighted by molar-refractivity contribution is -0.231. The van der Waals surface area contributed by atoms with Gasteiger partial charge in [0.15, 0.2) is 0 Å². The van der Waals surface area contributed by atoms with E-state index in [1.165, 1.54) is 5.57 Å². The third-order valence-corrected chi connectivity index (χ3v) is 14.1. The number of rotatable bonds is 1. The van der Waals surface area contributed by atoms with Crippen LogP contribution in [0.4, 0.5) is 0 Å². The summed E-state index contributed by atoms with van der Waals surface area (Å²) in [5.41, 5.74) is 1.02. The van der Waals surface area contributed by atoms with E-state index in [1.54, 1.807) is 0 Å². The normalized spacial score (nSPS) is 54.1. The van der Waals surface area contributed by atoms with Crippen molar-refractivity contribution in [1.29, 1.82) is 0 Å². The topological polar surface area (TPSA) is 54.4 Å². The standard InChI is InChI=1S/C31H48O3/c1-19-9-16-31(25(33)34)18-17-27(5)21(24(31)20(19)2)10-14-30(8)28(6)13-12-23(32)26(3,4)22(28)11-15-29(27,30)7/h10,19-20,22,24H,9,11-18H2,1-8H3,(H,33,34)/t19-,20+,22+,24+,27-,28+,29+,30-,31+/m1/s1. The molecular weight excluding hydrogens is 420 g/mol. The molecule has 0 spiro atoms. The van der Waals surface area contributed by atoms with Gasteiger partial charge in [0.2, 0.25) is 0 Å². The fourth-order valence-electron chi connectivity index (χ4n) is 11.0. The first-order valence-corrected chi connectivity index (χ1v) is 14.1. The van der Waals surface area contributed by atoms with Crippen LogP contribution in [0.2, 0.25) is 0 Å². The van der Waals surface area contributed by atoms with E-state index in [4.69, 9.17) is 0 Å². The first-order valence-electron chi connectivity index (χ1n) is 14.1. The number of ketones is 1. The van der Waals surface area contributed by atoms with Crippen molar-refractivity contribution in [1.82, 2.24) is 0 Å². The molecule has 190 valence electrons. The number of hydrogen-bond acceptors (Lipinski definition) is 2. The number of Topliss-reactive ketones (excluding diaryl/α,β-unsaturated/α-hetero) is 1. The maximum absolute atomic E-state index is 13.0. The van der Waals surface area contributed by atoms with Crippen LogP contribution >= 0.6 is 0 Å². The van der Waals surface area contributed by atoms with Crippen LogP contribution in [0.1, 0.15) is 113 Å². The number of carboxylic acid groups (broad SMARTS) is 1. The van der Waals surface area contributed by atoms with Crippen molar-refractivity contribution in [2.45, 2.75) is 113 Å². The minimum absolute atomic E-state index is 0.0223. The quantitative estimate of drug-likeness (QED) is 0.401. The van der Waals surface area contributed by atoms with E-state index in [0.29, 0.717) is 30.0 Å². The molecule has 0 heterocycles. The van der Waals surface area contributed by atoms with Crippen LogP contribution in [0.25, 0.3) is 0 Å². The summed E-state index contributed by atoms with van der Waals surface area (Å²) < 4.78 is 0. The Morgan fingerprint density at radius 1 is 0.912 bits per heavy atom. The molecule has 5 aliphatic rings. The lowest BCUT2D eigenvalue weighted by Gasteiger charge is -2.75. The zero-order valence-electron chi connectivity index (χ0n) is 23.0. The van der Waals surface area contributed by atoms with Crippen LogP contribution in [0.15, 0.2) is 11.6 Å². The van der Waals surface area contributed by atoms with Gasteiger partial charge in [0.1, 0.15) is 5.78 Å². The van der Waals surface area contributed by atoms with Crippen LogP contribution < -0.4 is 0 Å². The van der Waals surface area contributed by atoms with E-state index >= 15 is 0 Å². The van der Waals surface area contributed by atoms with E-state index in [9.17, 15) is 14.7 Å². The number of carboxylic acids is 1. The maximum Gasteiger partial charge on any atom is 0.310 e. The van der Waals surface area contributed by atoms with E-state index in [1.807, 2.05) is 0 Å².